The van der Waals surface area contributed by atoms with Crippen LogP contribution in [0.25, 0.3) is 10.6 Å². The highest BCUT2D eigenvalue weighted by molar-refractivity contribution is 7.13. The smallest absolute Gasteiger partial charge is 0.226 e. The molecule has 1 N–H and O–H groups in total. The Morgan fingerprint density at radius 1 is 1.06 bits per heavy atom. The topological polar surface area (TPSA) is 82.6 Å². The number of amides is 1. The molecule has 4 rings (SSSR count). The Bertz CT molecular complexity index is 1290. The molecule has 0 saturated carbocycles. The SMILES string of the molecule is COc1ccc(-c2nc(CC(=O)NCc3cccnc3Oc3cccc(F)c3)cs2)cc1OC. The van der Waals surface area contributed by atoms with Gasteiger partial charge in [0.25, 0.3) is 0 Å². The average Bonchev–Trinajstić information content (AvgIpc) is 3.31. The molecule has 2 heterocycles. The molecule has 4 aromatic rings. The van der Waals surface area contributed by atoms with Gasteiger partial charge in [0.1, 0.15) is 16.6 Å². The predicted octanol–water partition coefficient (Wildman–Crippen LogP) is 5.01. The Balaban J connectivity index is 1.38. The van der Waals surface area contributed by atoms with Crippen LogP contribution in [0.4, 0.5) is 4.39 Å². The number of pyridine rings is 1. The molecule has 2 aromatic carbocycles. The van der Waals surface area contributed by atoms with Gasteiger partial charge < -0.3 is 19.5 Å². The summed E-state index contributed by atoms with van der Waals surface area (Å²) >= 11 is 1.45. The molecule has 0 atom stereocenters. The van der Waals surface area contributed by atoms with Crippen molar-refractivity contribution >= 4 is 17.2 Å². The maximum atomic E-state index is 13.4. The van der Waals surface area contributed by atoms with E-state index in [9.17, 15) is 9.18 Å². The minimum absolute atomic E-state index is 0.129. The first-order valence-electron chi connectivity index (χ1n) is 10.4. The van der Waals surface area contributed by atoms with Crippen molar-refractivity contribution in [3.05, 3.63) is 83.2 Å². The van der Waals surface area contributed by atoms with Crippen molar-refractivity contribution in [3.8, 4) is 33.7 Å². The number of carbonyl (C=O) groups is 1. The molecule has 0 saturated heterocycles. The molecule has 0 aliphatic carbocycles. The van der Waals surface area contributed by atoms with E-state index in [0.717, 1.165) is 10.6 Å². The highest BCUT2D eigenvalue weighted by Gasteiger charge is 2.13. The van der Waals surface area contributed by atoms with Crippen LogP contribution in [0.1, 0.15) is 11.3 Å². The summed E-state index contributed by atoms with van der Waals surface area (Å²) in [6.07, 6.45) is 1.70. The van der Waals surface area contributed by atoms with Gasteiger partial charge in [-0.3, -0.25) is 4.79 Å². The van der Waals surface area contributed by atoms with Gasteiger partial charge in [0.15, 0.2) is 11.5 Å². The lowest BCUT2D eigenvalue weighted by Gasteiger charge is -2.10. The molecule has 0 bridgehead atoms. The van der Waals surface area contributed by atoms with Crippen LogP contribution in [-0.4, -0.2) is 30.1 Å². The van der Waals surface area contributed by atoms with E-state index < -0.39 is 5.82 Å². The molecule has 1 amide bonds. The third-order valence-electron chi connectivity index (χ3n) is 4.86. The zero-order chi connectivity index (χ0) is 23.9. The minimum Gasteiger partial charge on any atom is -0.493 e. The zero-order valence-electron chi connectivity index (χ0n) is 18.6. The maximum Gasteiger partial charge on any atom is 0.226 e. The second-order valence-electron chi connectivity index (χ2n) is 7.19. The second-order valence-corrected chi connectivity index (χ2v) is 8.05. The Labute approximate surface area is 200 Å². The van der Waals surface area contributed by atoms with Gasteiger partial charge in [0.2, 0.25) is 11.8 Å². The summed E-state index contributed by atoms with van der Waals surface area (Å²) in [5, 5.41) is 5.50. The Kier molecular flexibility index (Phi) is 7.34. The van der Waals surface area contributed by atoms with Gasteiger partial charge in [0.05, 0.1) is 26.3 Å². The Hall–Kier alpha value is -3.98. The van der Waals surface area contributed by atoms with E-state index in [0.29, 0.717) is 34.4 Å². The predicted molar refractivity (Wildman–Crippen MR) is 127 cm³/mol. The van der Waals surface area contributed by atoms with E-state index in [1.807, 2.05) is 23.6 Å². The molecule has 0 unspecified atom stereocenters. The summed E-state index contributed by atoms with van der Waals surface area (Å²) in [7, 11) is 3.16. The molecule has 34 heavy (non-hydrogen) atoms. The van der Waals surface area contributed by atoms with E-state index in [2.05, 4.69) is 15.3 Å². The lowest BCUT2D eigenvalue weighted by molar-refractivity contribution is -0.120. The molecular weight excluding hydrogens is 457 g/mol. The Morgan fingerprint density at radius 3 is 2.71 bits per heavy atom. The van der Waals surface area contributed by atoms with E-state index in [4.69, 9.17) is 14.2 Å². The van der Waals surface area contributed by atoms with Crippen molar-refractivity contribution in [1.29, 1.82) is 0 Å². The van der Waals surface area contributed by atoms with Gasteiger partial charge in [-0.1, -0.05) is 12.1 Å². The van der Waals surface area contributed by atoms with Gasteiger partial charge in [-0.15, -0.1) is 11.3 Å². The zero-order valence-corrected chi connectivity index (χ0v) is 19.4. The molecule has 0 fully saturated rings. The van der Waals surface area contributed by atoms with Gasteiger partial charge in [0, 0.05) is 35.3 Å². The first kappa shape index (κ1) is 23.2. The first-order valence-corrected chi connectivity index (χ1v) is 11.2. The maximum absolute atomic E-state index is 13.4. The van der Waals surface area contributed by atoms with E-state index in [1.165, 1.54) is 23.5 Å². The monoisotopic (exact) mass is 479 g/mol. The number of hydrogen-bond acceptors (Lipinski definition) is 7. The minimum atomic E-state index is -0.404. The molecule has 2 aromatic heterocycles. The number of hydrogen-bond donors (Lipinski definition) is 1. The molecule has 9 heteroatoms. The normalized spacial score (nSPS) is 10.6. The van der Waals surface area contributed by atoms with Crippen molar-refractivity contribution in [2.75, 3.05) is 14.2 Å². The van der Waals surface area contributed by atoms with Crippen molar-refractivity contribution in [3.63, 3.8) is 0 Å². The Morgan fingerprint density at radius 2 is 1.91 bits per heavy atom. The van der Waals surface area contributed by atoms with Crippen LogP contribution in [0.15, 0.2) is 66.2 Å². The molecule has 174 valence electrons. The van der Waals surface area contributed by atoms with Gasteiger partial charge >= 0.3 is 0 Å². The fourth-order valence-electron chi connectivity index (χ4n) is 3.20. The van der Waals surface area contributed by atoms with E-state index in [1.54, 1.807) is 44.7 Å². The number of thiazole rings is 1. The average molecular weight is 480 g/mol. The van der Waals surface area contributed by atoms with Gasteiger partial charge in [-0.25, -0.2) is 14.4 Å². The lowest BCUT2D eigenvalue weighted by Crippen LogP contribution is -2.25. The van der Waals surface area contributed by atoms with Crippen LogP contribution in [0.5, 0.6) is 23.1 Å². The number of halogens is 1. The number of nitrogens with one attached hydrogen (secondary N) is 1. The van der Waals surface area contributed by atoms with Gasteiger partial charge in [-0.2, -0.15) is 0 Å². The number of nitrogens with zero attached hydrogens (tertiary/aromatic N) is 2. The summed E-state index contributed by atoms with van der Waals surface area (Å²) < 4.78 is 29.8. The second kappa shape index (κ2) is 10.8. The first-order chi connectivity index (χ1) is 16.6. The summed E-state index contributed by atoms with van der Waals surface area (Å²) in [5.41, 5.74) is 2.21. The molecule has 0 aliphatic heterocycles. The molecule has 0 radical (unpaired) electrons. The molecule has 0 aliphatic rings. The van der Waals surface area contributed by atoms with Crippen LogP contribution in [-0.2, 0) is 17.8 Å². The number of rotatable bonds is 9. The third kappa shape index (κ3) is 5.68. The fraction of sp³-hybridized carbons (Fsp3) is 0.160. The van der Waals surface area contributed by atoms with Crippen LogP contribution < -0.4 is 19.5 Å². The highest BCUT2D eigenvalue weighted by Crippen LogP contribution is 2.33. The lowest BCUT2D eigenvalue weighted by atomic mass is 10.2. The number of ether oxygens (including phenoxy) is 3. The quantitative estimate of drug-likeness (QED) is 0.363. The van der Waals surface area contributed by atoms with Crippen LogP contribution >= 0.6 is 11.3 Å². The fourth-order valence-corrected chi connectivity index (χ4v) is 4.02. The van der Waals surface area contributed by atoms with Crippen LogP contribution in [0, 0.1) is 5.82 Å². The summed E-state index contributed by atoms with van der Waals surface area (Å²) in [4.78, 5) is 21.3. The molecule has 0 spiro atoms. The summed E-state index contributed by atoms with van der Waals surface area (Å²) in [6.45, 7) is 0.212. The number of benzene rings is 2. The van der Waals surface area contributed by atoms with Crippen LogP contribution in [0.2, 0.25) is 0 Å². The highest BCUT2D eigenvalue weighted by atomic mass is 32.1. The van der Waals surface area contributed by atoms with Crippen molar-refractivity contribution < 1.29 is 23.4 Å². The number of aromatic nitrogens is 2. The van der Waals surface area contributed by atoms with Crippen molar-refractivity contribution in [1.82, 2.24) is 15.3 Å². The molecule has 7 nitrogen and oxygen atoms in total. The standard InChI is InChI=1S/C25H22FN3O4S/c1-31-21-9-8-16(11-22(21)32-2)25-29-19(15-34-25)13-23(30)28-14-17-5-4-10-27-24(17)33-20-7-3-6-18(26)12-20/h3-12,15H,13-14H2,1-2H3,(H,28,30). The van der Waals surface area contributed by atoms with Crippen LogP contribution in [0.3, 0.4) is 0 Å². The van der Waals surface area contributed by atoms with Gasteiger partial charge in [-0.05, 0) is 36.4 Å². The van der Waals surface area contributed by atoms with E-state index >= 15 is 0 Å². The van der Waals surface area contributed by atoms with E-state index in [-0.39, 0.29) is 18.9 Å². The number of carbonyl (C=O) groups excluding carboxylic acids is 1. The third-order valence-corrected chi connectivity index (χ3v) is 5.80. The van der Waals surface area contributed by atoms with Crippen molar-refractivity contribution in [2.45, 2.75) is 13.0 Å². The summed E-state index contributed by atoms with van der Waals surface area (Å²) in [5.74, 6) is 1.29. The number of methoxy groups -OCH3 is 2. The van der Waals surface area contributed by atoms with Crippen molar-refractivity contribution in [2.24, 2.45) is 0 Å². The largest absolute Gasteiger partial charge is 0.493 e. The molecular formula is C25H22FN3O4S. The summed E-state index contributed by atoms with van der Waals surface area (Å²) in [6, 6.07) is 14.9.